The van der Waals surface area contributed by atoms with Gasteiger partial charge in [0.1, 0.15) is 12.4 Å². The highest BCUT2D eigenvalue weighted by atomic mass is 16.5. The molecule has 144 valence electrons. The quantitative estimate of drug-likeness (QED) is 0.804. The number of fused-ring (bicyclic) bond motifs is 1. The first-order valence-corrected chi connectivity index (χ1v) is 10.2. The van der Waals surface area contributed by atoms with Gasteiger partial charge in [-0.15, -0.1) is 0 Å². The van der Waals surface area contributed by atoms with Crippen molar-refractivity contribution in [2.24, 2.45) is 5.92 Å². The fourth-order valence-electron chi connectivity index (χ4n) is 4.22. The topological polar surface area (TPSA) is 65.2 Å². The number of piperidine rings is 1. The molecule has 0 amide bonds. The molecule has 7 heteroatoms. The van der Waals surface area contributed by atoms with Crippen LogP contribution in [0.3, 0.4) is 0 Å². The third kappa shape index (κ3) is 3.84. The van der Waals surface area contributed by atoms with Crippen molar-refractivity contribution in [3.05, 3.63) is 45.9 Å². The Morgan fingerprint density at radius 1 is 1.11 bits per heavy atom. The maximum absolute atomic E-state index is 12.2. The van der Waals surface area contributed by atoms with Crippen LogP contribution in [0, 0.1) is 5.92 Å². The molecule has 1 aliphatic carbocycles. The SMILES string of the molecule is O=c1ccc(C2CC2)nn1CC1CCN(Cc2cn3c(n2)COCC3)CC1. The summed E-state index contributed by atoms with van der Waals surface area (Å²) in [6.07, 6.45) is 6.83. The highest BCUT2D eigenvalue weighted by Crippen LogP contribution is 2.38. The van der Waals surface area contributed by atoms with E-state index >= 15 is 0 Å². The molecule has 2 aromatic rings. The summed E-state index contributed by atoms with van der Waals surface area (Å²) in [7, 11) is 0. The molecule has 27 heavy (non-hydrogen) atoms. The average molecular weight is 369 g/mol. The van der Waals surface area contributed by atoms with Crippen LogP contribution in [0.15, 0.2) is 23.1 Å². The van der Waals surface area contributed by atoms with E-state index in [1.807, 2.05) is 6.07 Å². The Kier molecular flexibility index (Phi) is 4.57. The number of rotatable bonds is 5. The minimum atomic E-state index is 0.0349. The summed E-state index contributed by atoms with van der Waals surface area (Å²) in [5, 5.41) is 4.62. The molecule has 2 fully saturated rings. The Bertz CT molecular complexity index is 838. The molecule has 3 aliphatic rings. The summed E-state index contributed by atoms with van der Waals surface area (Å²) in [5.41, 5.74) is 2.27. The normalized spacial score (nSPS) is 21.3. The third-order valence-corrected chi connectivity index (χ3v) is 6.02. The van der Waals surface area contributed by atoms with Gasteiger partial charge < -0.3 is 9.30 Å². The Morgan fingerprint density at radius 3 is 2.74 bits per heavy atom. The average Bonchev–Trinajstić information content (AvgIpc) is 3.45. The van der Waals surface area contributed by atoms with Gasteiger partial charge in [-0.3, -0.25) is 9.69 Å². The van der Waals surface area contributed by atoms with Crippen molar-refractivity contribution >= 4 is 0 Å². The third-order valence-electron chi connectivity index (χ3n) is 6.02. The van der Waals surface area contributed by atoms with Gasteiger partial charge in [0.2, 0.25) is 0 Å². The lowest BCUT2D eigenvalue weighted by atomic mass is 9.97. The fraction of sp³-hybridized carbons (Fsp3) is 0.650. The maximum atomic E-state index is 12.2. The van der Waals surface area contributed by atoms with Crippen molar-refractivity contribution in [3.63, 3.8) is 0 Å². The van der Waals surface area contributed by atoms with E-state index in [4.69, 9.17) is 9.72 Å². The van der Waals surface area contributed by atoms with E-state index in [1.165, 1.54) is 12.8 Å². The second-order valence-corrected chi connectivity index (χ2v) is 8.17. The van der Waals surface area contributed by atoms with Crippen LogP contribution in [-0.2, 0) is 31.0 Å². The van der Waals surface area contributed by atoms with Crippen LogP contribution in [0.5, 0.6) is 0 Å². The van der Waals surface area contributed by atoms with Gasteiger partial charge >= 0.3 is 0 Å². The Morgan fingerprint density at radius 2 is 1.96 bits per heavy atom. The smallest absolute Gasteiger partial charge is 0.266 e. The zero-order valence-corrected chi connectivity index (χ0v) is 15.7. The van der Waals surface area contributed by atoms with Gasteiger partial charge in [-0.05, 0) is 50.8 Å². The van der Waals surface area contributed by atoms with Crippen molar-refractivity contribution in [1.29, 1.82) is 0 Å². The second-order valence-electron chi connectivity index (χ2n) is 8.17. The molecule has 0 N–H and O–H groups in total. The number of likely N-dealkylation sites (tertiary alicyclic amines) is 1. The molecular formula is C20H27N5O2. The highest BCUT2D eigenvalue weighted by Gasteiger charge is 2.26. The van der Waals surface area contributed by atoms with Crippen molar-refractivity contribution in [3.8, 4) is 0 Å². The summed E-state index contributed by atoms with van der Waals surface area (Å²) < 4.78 is 9.40. The molecule has 7 nitrogen and oxygen atoms in total. The largest absolute Gasteiger partial charge is 0.372 e. The van der Waals surface area contributed by atoms with E-state index < -0.39 is 0 Å². The standard InChI is InChI=1S/C20H27N5O2/c26-20-4-3-18(16-1-2-16)22-25(20)11-15-5-7-23(8-6-15)12-17-13-24-9-10-27-14-19(24)21-17/h3-4,13,15-16H,1-2,5-12,14H2. The zero-order valence-electron chi connectivity index (χ0n) is 15.7. The van der Waals surface area contributed by atoms with E-state index in [2.05, 4.69) is 20.8 Å². The van der Waals surface area contributed by atoms with Gasteiger partial charge in [0, 0.05) is 37.8 Å². The van der Waals surface area contributed by atoms with Crippen LogP contribution in [0.25, 0.3) is 0 Å². The van der Waals surface area contributed by atoms with E-state index in [1.54, 1.807) is 10.7 Å². The van der Waals surface area contributed by atoms with Crippen LogP contribution < -0.4 is 5.56 Å². The monoisotopic (exact) mass is 369 g/mol. The van der Waals surface area contributed by atoms with Crippen molar-refractivity contribution < 1.29 is 4.74 Å². The molecule has 5 rings (SSSR count). The van der Waals surface area contributed by atoms with E-state index in [-0.39, 0.29) is 5.56 Å². The van der Waals surface area contributed by atoms with E-state index in [0.29, 0.717) is 18.4 Å². The molecule has 1 saturated carbocycles. The van der Waals surface area contributed by atoms with Gasteiger partial charge in [0.05, 0.1) is 18.0 Å². The molecule has 4 heterocycles. The molecule has 0 radical (unpaired) electrons. The van der Waals surface area contributed by atoms with Gasteiger partial charge in [-0.1, -0.05) is 0 Å². The fourth-order valence-corrected chi connectivity index (χ4v) is 4.22. The first kappa shape index (κ1) is 17.1. The number of hydrogen-bond acceptors (Lipinski definition) is 5. The summed E-state index contributed by atoms with van der Waals surface area (Å²) >= 11 is 0. The summed E-state index contributed by atoms with van der Waals surface area (Å²) in [6, 6.07) is 3.61. The Labute approximate surface area is 159 Å². The van der Waals surface area contributed by atoms with Crippen molar-refractivity contribution in [2.45, 2.75) is 57.8 Å². The first-order valence-electron chi connectivity index (χ1n) is 10.2. The lowest BCUT2D eigenvalue weighted by Crippen LogP contribution is -2.36. The number of ether oxygens (including phenoxy) is 1. The lowest BCUT2D eigenvalue weighted by Gasteiger charge is -2.31. The maximum Gasteiger partial charge on any atom is 0.266 e. The number of nitrogens with zero attached hydrogens (tertiary/aromatic N) is 5. The van der Waals surface area contributed by atoms with Crippen LogP contribution in [0.2, 0.25) is 0 Å². The van der Waals surface area contributed by atoms with Crippen LogP contribution in [0.1, 0.15) is 48.8 Å². The minimum absolute atomic E-state index is 0.0349. The van der Waals surface area contributed by atoms with Crippen LogP contribution in [-0.4, -0.2) is 43.9 Å². The Balaban J connectivity index is 1.16. The minimum Gasteiger partial charge on any atom is -0.372 e. The second kappa shape index (κ2) is 7.20. The van der Waals surface area contributed by atoms with E-state index in [9.17, 15) is 4.79 Å². The molecule has 0 spiro atoms. The van der Waals surface area contributed by atoms with Crippen LogP contribution >= 0.6 is 0 Å². The van der Waals surface area contributed by atoms with Crippen LogP contribution in [0.4, 0.5) is 0 Å². The highest BCUT2D eigenvalue weighted by molar-refractivity contribution is 5.12. The molecule has 0 atom stereocenters. The summed E-state index contributed by atoms with van der Waals surface area (Å²) in [4.78, 5) is 19.4. The van der Waals surface area contributed by atoms with Gasteiger partial charge in [-0.25, -0.2) is 9.67 Å². The molecule has 0 aromatic carbocycles. The summed E-state index contributed by atoms with van der Waals surface area (Å²) in [5.74, 6) is 2.17. The number of aromatic nitrogens is 4. The molecule has 0 bridgehead atoms. The van der Waals surface area contributed by atoms with Crippen molar-refractivity contribution in [1.82, 2.24) is 24.2 Å². The van der Waals surface area contributed by atoms with Gasteiger partial charge in [0.25, 0.3) is 5.56 Å². The van der Waals surface area contributed by atoms with Crippen molar-refractivity contribution in [2.75, 3.05) is 19.7 Å². The first-order chi connectivity index (χ1) is 13.2. The Hall–Kier alpha value is -1.99. The molecule has 2 aromatic heterocycles. The zero-order chi connectivity index (χ0) is 18.2. The van der Waals surface area contributed by atoms with Gasteiger partial charge in [-0.2, -0.15) is 5.10 Å². The van der Waals surface area contributed by atoms with Gasteiger partial charge in [0.15, 0.2) is 0 Å². The predicted molar refractivity (Wildman–Crippen MR) is 100 cm³/mol. The predicted octanol–water partition coefficient (Wildman–Crippen LogP) is 1.76. The van der Waals surface area contributed by atoms with E-state index in [0.717, 1.165) is 69.4 Å². The summed E-state index contributed by atoms with van der Waals surface area (Å²) in [6.45, 7) is 6.09. The number of hydrogen-bond donors (Lipinski definition) is 0. The molecule has 1 saturated heterocycles. The lowest BCUT2D eigenvalue weighted by molar-refractivity contribution is 0.0816. The molecular weight excluding hydrogens is 342 g/mol. The molecule has 0 unspecified atom stereocenters. The number of imidazole rings is 1. The molecule has 2 aliphatic heterocycles.